The molecule has 3 aromatic carbocycles. The maximum atomic E-state index is 12.8. The quantitative estimate of drug-likeness (QED) is 0.331. The van der Waals surface area contributed by atoms with Gasteiger partial charge in [0.2, 0.25) is 0 Å². The lowest BCUT2D eigenvalue weighted by Crippen LogP contribution is -2.37. The number of aromatic nitrogens is 1. The number of fused-ring (bicyclic) bond motifs is 1. The molecule has 0 aliphatic rings. The molecule has 38 heavy (non-hydrogen) atoms. The zero-order valence-electron chi connectivity index (χ0n) is 21.4. The maximum Gasteiger partial charge on any atom is 0.251 e. The molecular formula is C30H29ClN4O3. The van der Waals surface area contributed by atoms with Crippen LogP contribution in [-0.4, -0.2) is 34.6 Å². The van der Waals surface area contributed by atoms with Crippen molar-refractivity contribution < 1.29 is 9.90 Å². The summed E-state index contributed by atoms with van der Waals surface area (Å²) in [6.07, 6.45) is 2.88. The van der Waals surface area contributed by atoms with Gasteiger partial charge in [-0.05, 0) is 64.9 Å². The zero-order valence-corrected chi connectivity index (χ0v) is 22.2. The van der Waals surface area contributed by atoms with Crippen LogP contribution in [0.5, 0.6) is 0 Å². The van der Waals surface area contributed by atoms with E-state index in [-0.39, 0.29) is 11.5 Å². The number of benzene rings is 3. The van der Waals surface area contributed by atoms with Crippen molar-refractivity contribution >= 4 is 28.4 Å². The van der Waals surface area contributed by atoms with E-state index in [1.54, 1.807) is 91.4 Å². The lowest BCUT2D eigenvalue weighted by Gasteiger charge is -2.36. The Balaban J connectivity index is 2.04. The Morgan fingerprint density at radius 1 is 1.11 bits per heavy atom. The van der Waals surface area contributed by atoms with Crippen LogP contribution < -0.4 is 16.6 Å². The fourth-order valence-corrected chi connectivity index (χ4v) is 4.83. The van der Waals surface area contributed by atoms with Crippen LogP contribution in [0.15, 0.2) is 102 Å². The first-order valence-electron chi connectivity index (χ1n) is 11.9. The van der Waals surface area contributed by atoms with Gasteiger partial charge < -0.3 is 25.6 Å². The summed E-state index contributed by atoms with van der Waals surface area (Å²) in [5.74, 6) is -0.240. The van der Waals surface area contributed by atoms with E-state index < -0.39 is 5.60 Å². The van der Waals surface area contributed by atoms with Gasteiger partial charge in [0.1, 0.15) is 0 Å². The van der Waals surface area contributed by atoms with Gasteiger partial charge in [0.15, 0.2) is 5.60 Å². The molecule has 1 amide bonds. The number of nitrogens with one attached hydrogen (secondary N) is 1. The molecule has 0 saturated heterocycles. The number of halogens is 1. The van der Waals surface area contributed by atoms with Crippen LogP contribution >= 0.6 is 11.6 Å². The van der Waals surface area contributed by atoms with Crippen LogP contribution in [0.1, 0.15) is 21.5 Å². The van der Waals surface area contributed by atoms with Crippen molar-refractivity contribution in [2.75, 3.05) is 14.1 Å². The fraction of sp³-hybridized carbons (Fsp3) is 0.133. The van der Waals surface area contributed by atoms with E-state index >= 15 is 0 Å². The van der Waals surface area contributed by atoms with Crippen LogP contribution in [0.2, 0.25) is 5.02 Å². The monoisotopic (exact) mass is 528 g/mol. The molecule has 0 bridgehead atoms. The van der Waals surface area contributed by atoms with Crippen LogP contribution in [-0.2, 0) is 12.6 Å². The highest BCUT2D eigenvalue weighted by Gasteiger charge is 2.38. The van der Waals surface area contributed by atoms with E-state index in [0.717, 1.165) is 10.9 Å². The summed E-state index contributed by atoms with van der Waals surface area (Å²) in [6, 6.07) is 20.9. The number of aryl methyl sites for hydroxylation is 1. The second-order valence-electron chi connectivity index (χ2n) is 8.91. The molecule has 0 aliphatic heterocycles. The molecule has 0 saturated carbocycles. The SMILES string of the molecule is C=CN(C)/C(=C\N)C(O)(c1ccc(C(=O)NC)cc1)c1ccc2c(c1)c(-c1cccc(Cl)c1)cc(=O)n2C. The van der Waals surface area contributed by atoms with Gasteiger partial charge in [0, 0.05) is 49.4 Å². The van der Waals surface area contributed by atoms with Gasteiger partial charge in [0.25, 0.3) is 11.5 Å². The molecule has 1 heterocycles. The summed E-state index contributed by atoms with van der Waals surface area (Å²) >= 11 is 6.27. The van der Waals surface area contributed by atoms with E-state index in [2.05, 4.69) is 11.9 Å². The number of rotatable bonds is 7. The molecule has 4 rings (SSSR count). The minimum absolute atomic E-state index is 0.172. The molecule has 1 unspecified atom stereocenters. The van der Waals surface area contributed by atoms with E-state index in [1.807, 2.05) is 18.2 Å². The van der Waals surface area contributed by atoms with E-state index in [9.17, 15) is 14.7 Å². The van der Waals surface area contributed by atoms with Crippen molar-refractivity contribution in [3.63, 3.8) is 0 Å². The number of likely N-dealkylation sites (N-methyl/N-ethyl adjacent to an activating group) is 1. The normalized spacial score (nSPS) is 13.1. The summed E-state index contributed by atoms with van der Waals surface area (Å²) in [5.41, 5.74) is 8.10. The predicted octanol–water partition coefficient (Wildman–Crippen LogP) is 4.33. The number of carbonyl (C=O) groups excluding carboxylic acids is 1. The lowest BCUT2D eigenvalue weighted by molar-refractivity contribution is 0.0949. The highest BCUT2D eigenvalue weighted by Crippen LogP contribution is 2.40. The number of nitrogens with zero attached hydrogens (tertiary/aromatic N) is 2. The largest absolute Gasteiger partial charge is 0.403 e. The van der Waals surface area contributed by atoms with Gasteiger partial charge in [-0.3, -0.25) is 9.59 Å². The Morgan fingerprint density at radius 2 is 1.79 bits per heavy atom. The third-order valence-corrected chi connectivity index (χ3v) is 7.01. The summed E-state index contributed by atoms with van der Waals surface area (Å²) in [7, 11) is 4.99. The Kier molecular flexibility index (Phi) is 7.44. The van der Waals surface area contributed by atoms with Crippen molar-refractivity contribution in [2.45, 2.75) is 5.60 Å². The first-order valence-corrected chi connectivity index (χ1v) is 12.3. The number of pyridine rings is 1. The first-order chi connectivity index (χ1) is 18.1. The third-order valence-electron chi connectivity index (χ3n) is 6.77. The molecule has 4 aromatic rings. The molecule has 7 nitrogen and oxygen atoms in total. The maximum absolute atomic E-state index is 12.8. The summed E-state index contributed by atoms with van der Waals surface area (Å²) in [4.78, 5) is 26.6. The van der Waals surface area contributed by atoms with Crippen LogP contribution in [0.4, 0.5) is 0 Å². The number of amides is 1. The summed E-state index contributed by atoms with van der Waals surface area (Å²) < 4.78 is 1.56. The van der Waals surface area contributed by atoms with Gasteiger partial charge in [-0.2, -0.15) is 0 Å². The summed E-state index contributed by atoms with van der Waals surface area (Å²) in [5, 5.41) is 16.3. The highest BCUT2D eigenvalue weighted by atomic mass is 35.5. The number of hydrogen-bond donors (Lipinski definition) is 3. The van der Waals surface area contributed by atoms with Gasteiger partial charge in [0.05, 0.1) is 11.2 Å². The number of nitrogens with two attached hydrogens (primary N) is 1. The van der Waals surface area contributed by atoms with Crippen LogP contribution in [0, 0.1) is 0 Å². The molecule has 0 aliphatic carbocycles. The molecular weight excluding hydrogens is 500 g/mol. The van der Waals surface area contributed by atoms with Gasteiger partial charge in [-0.1, -0.05) is 48.5 Å². The number of aliphatic hydroxyl groups is 1. The topological polar surface area (TPSA) is 101 Å². The average Bonchev–Trinajstić information content (AvgIpc) is 2.94. The molecule has 1 aromatic heterocycles. The van der Waals surface area contributed by atoms with Crippen molar-refractivity contribution in [3.05, 3.63) is 130 Å². The zero-order chi connectivity index (χ0) is 27.6. The Hall–Kier alpha value is -4.33. The minimum atomic E-state index is -1.73. The molecule has 194 valence electrons. The standard InChI is InChI=1S/C30H29ClN4O3/c1-5-34(3)27(18-32)30(38,21-11-9-19(10-12-21)29(37)33-2)22-13-14-26-25(16-22)24(17-28(36)35(26)4)20-7-6-8-23(31)15-20/h5-18,38H,1,32H2,2-4H3,(H,33,37)/b27-18-. The van der Waals surface area contributed by atoms with E-state index in [1.165, 1.54) is 6.20 Å². The second-order valence-corrected chi connectivity index (χ2v) is 9.35. The molecule has 8 heteroatoms. The smallest absolute Gasteiger partial charge is 0.251 e. The summed E-state index contributed by atoms with van der Waals surface area (Å²) in [6.45, 7) is 3.83. The lowest BCUT2D eigenvalue weighted by atomic mass is 9.81. The number of hydrogen-bond acceptors (Lipinski definition) is 5. The van der Waals surface area contributed by atoms with Gasteiger partial charge in [-0.15, -0.1) is 0 Å². The average molecular weight is 529 g/mol. The van der Waals surface area contributed by atoms with Gasteiger partial charge in [-0.25, -0.2) is 0 Å². The fourth-order valence-electron chi connectivity index (χ4n) is 4.64. The van der Waals surface area contributed by atoms with Crippen LogP contribution in [0.25, 0.3) is 22.0 Å². The van der Waals surface area contributed by atoms with Crippen molar-refractivity contribution in [2.24, 2.45) is 12.8 Å². The minimum Gasteiger partial charge on any atom is -0.403 e. The van der Waals surface area contributed by atoms with Crippen LogP contribution in [0.3, 0.4) is 0 Å². The number of carbonyl (C=O) groups is 1. The molecule has 0 radical (unpaired) electrons. The first kappa shape index (κ1) is 26.7. The van der Waals surface area contributed by atoms with E-state index in [0.29, 0.717) is 38.5 Å². The highest BCUT2D eigenvalue weighted by molar-refractivity contribution is 6.30. The Morgan fingerprint density at radius 3 is 2.39 bits per heavy atom. The molecule has 4 N–H and O–H groups in total. The molecule has 0 fully saturated rings. The predicted molar refractivity (Wildman–Crippen MR) is 153 cm³/mol. The van der Waals surface area contributed by atoms with Gasteiger partial charge >= 0.3 is 0 Å². The molecule has 0 spiro atoms. The second kappa shape index (κ2) is 10.6. The van der Waals surface area contributed by atoms with E-state index in [4.69, 9.17) is 17.3 Å². The molecule has 1 atom stereocenters. The van der Waals surface area contributed by atoms with Crippen molar-refractivity contribution in [1.29, 1.82) is 0 Å². The Bertz CT molecular complexity index is 1630. The third kappa shape index (κ3) is 4.58. The van der Waals surface area contributed by atoms with Crippen molar-refractivity contribution in [3.8, 4) is 11.1 Å². The van der Waals surface area contributed by atoms with Crippen molar-refractivity contribution in [1.82, 2.24) is 14.8 Å². The Labute approximate surface area is 226 Å².